The van der Waals surface area contributed by atoms with Crippen molar-refractivity contribution in [2.45, 2.75) is 33.4 Å². The summed E-state index contributed by atoms with van der Waals surface area (Å²) in [5.74, 6) is -0.997. The Morgan fingerprint density at radius 3 is 2.62 bits per heavy atom. The third-order valence-corrected chi connectivity index (χ3v) is 5.01. The molecule has 0 aliphatic carbocycles. The summed E-state index contributed by atoms with van der Waals surface area (Å²) in [5.41, 5.74) is 1.88. The fourth-order valence-corrected chi connectivity index (χ4v) is 3.13. The van der Waals surface area contributed by atoms with E-state index in [4.69, 9.17) is 5.11 Å². The van der Waals surface area contributed by atoms with Gasteiger partial charge in [-0.05, 0) is 38.2 Å². The molecule has 0 radical (unpaired) electrons. The molecule has 0 aliphatic rings. The number of carboxylic acid groups (broad SMARTS) is 1. The minimum atomic E-state index is -1.02. The largest absolute Gasteiger partial charge is 0.480 e. The molecule has 1 amide bonds. The highest BCUT2D eigenvalue weighted by atomic mass is 16.4. The van der Waals surface area contributed by atoms with E-state index in [-0.39, 0.29) is 5.69 Å². The molecule has 0 fully saturated rings. The number of carbonyl (C=O) groups is 2. The summed E-state index contributed by atoms with van der Waals surface area (Å²) in [4.78, 5) is 30.7. The van der Waals surface area contributed by atoms with Gasteiger partial charge in [0, 0.05) is 19.3 Å². The van der Waals surface area contributed by atoms with E-state index in [9.17, 15) is 9.59 Å². The lowest BCUT2D eigenvalue weighted by Gasteiger charge is -2.19. The highest BCUT2D eigenvalue weighted by Gasteiger charge is 2.19. The maximum atomic E-state index is 12.7. The van der Waals surface area contributed by atoms with Crippen molar-refractivity contribution in [3.8, 4) is 0 Å². The number of fused-ring (bicyclic) bond motifs is 1. The van der Waals surface area contributed by atoms with Crippen LogP contribution >= 0.6 is 0 Å². The Morgan fingerprint density at radius 2 is 1.93 bits per heavy atom. The molecule has 9 nitrogen and oxygen atoms in total. The molecule has 29 heavy (non-hydrogen) atoms. The number of likely N-dealkylation sites (N-methyl/N-ethyl adjacent to an activating group) is 1. The lowest BCUT2D eigenvalue weighted by Crippen LogP contribution is -2.27. The minimum absolute atomic E-state index is 0.139. The van der Waals surface area contributed by atoms with Gasteiger partial charge in [-0.1, -0.05) is 26.0 Å². The first kappa shape index (κ1) is 20.5. The zero-order valence-electron chi connectivity index (χ0n) is 16.9. The number of nitrogens with zero attached hydrogens (tertiary/aromatic N) is 5. The van der Waals surface area contributed by atoms with Crippen LogP contribution in [0, 0.1) is 0 Å². The highest BCUT2D eigenvalue weighted by Crippen LogP contribution is 2.20. The number of amides is 1. The van der Waals surface area contributed by atoms with Gasteiger partial charge in [-0.15, -0.1) is 0 Å². The Balaban J connectivity index is 1.84. The fourth-order valence-electron chi connectivity index (χ4n) is 3.13. The molecule has 0 saturated carbocycles. The van der Waals surface area contributed by atoms with Gasteiger partial charge in [0.25, 0.3) is 5.91 Å². The third-order valence-electron chi connectivity index (χ3n) is 5.01. The van der Waals surface area contributed by atoms with Crippen LogP contribution in [0.2, 0.25) is 0 Å². The molecule has 154 valence electrons. The van der Waals surface area contributed by atoms with Crippen LogP contribution in [0.3, 0.4) is 0 Å². The maximum absolute atomic E-state index is 12.7. The van der Waals surface area contributed by atoms with Gasteiger partial charge in [-0.3, -0.25) is 14.8 Å². The van der Waals surface area contributed by atoms with E-state index >= 15 is 0 Å². The molecule has 0 spiro atoms. The van der Waals surface area contributed by atoms with Gasteiger partial charge in [0.05, 0.1) is 11.0 Å². The SMILES string of the molecule is CCN(CC)CCn1c(NC(=O)c2ccn(C(C)C(=O)O)n2)nc2ccccc21. The van der Waals surface area contributed by atoms with E-state index in [2.05, 4.69) is 34.1 Å². The van der Waals surface area contributed by atoms with Crippen molar-refractivity contribution in [1.29, 1.82) is 0 Å². The van der Waals surface area contributed by atoms with Crippen LogP contribution in [0.15, 0.2) is 36.5 Å². The molecule has 2 heterocycles. The number of hydrogen-bond acceptors (Lipinski definition) is 5. The normalized spacial score (nSPS) is 12.4. The van der Waals surface area contributed by atoms with Gasteiger partial charge in [0.2, 0.25) is 5.95 Å². The number of nitrogens with one attached hydrogen (secondary N) is 1. The van der Waals surface area contributed by atoms with Crippen molar-refractivity contribution in [2.75, 3.05) is 25.0 Å². The second kappa shape index (κ2) is 8.87. The van der Waals surface area contributed by atoms with Crippen LogP contribution in [0.5, 0.6) is 0 Å². The molecular formula is C20H26N6O3. The molecule has 2 N–H and O–H groups in total. The average Bonchev–Trinajstić information content (AvgIpc) is 3.33. The van der Waals surface area contributed by atoms with Gasteiger partial charge in [-0.2, -0.15) is 5.10 Å². The number of hydrogen-bond donors (Lipinski definition) is 2. The number of aliphatic carboxylic acids is 1. The van der Waals surface area contributed by atoms with E-state index in [0.29, 0.717) is 12.5 Å². The van der Waals surface area contributed by atoms with Crippen LogP contribution in [0.25, 0.3) is 11.0 Å². The first-order chi connectivity index (χ1) is 13.9. The van der Waals surface area contributed by atoms with Gasteiger partial charge in [-0.25, -0.2) is 9.78 Å². The Hall–Kier alpha value is -3.20. The van der Waals surface area contributed by atoms with Crippen LogP contribution in [0.4, 0.5) is 5.95 Å². The molecule has 9 heteroatoms. The number of aromatic nitrogens is 4. The smallest absolute Gasteiger partial charge is 0.328 e. The van der Waals surface area contributed by atoms with Gasteiger partial charge >= 0.3 is 5.97 Å². The fraction of sp³-hybridized carbons (Fsp3) is 0.400. The lowest BCUT2D eigenvalue weighted by atomic mass is 10.3. The Labute approximate surface area is 168 Å². The monoisotopic (exact) mass is 398 g/mol. The molecule has 0 bridgehead atoms. The zero-order valence-corrected chi connectivity index (χ0v) is 16.9. The number of benzene rings is 1. The standard InChI is InChI=1S/C20H26N6O3/c1-4-24(5-2)12-13-25-17-9-7-6-8-15(17)21-20(25)22-18(27)16-10-11-26(23-16)14(3)19(28)29/h6-11,14H,4-5,12-13H2,1-3H3,(H,28,29)(H,21,22,27). The predicted octanol–water partition coefficient (Wildman–Crippen LogP) is 2.47. The first-order valence-corrected chi connectivity index (χ1v) is 9.71. The summed E-state index contributed by atoms with van der Waals surface area (Å²) in [5, 5.41) is 16.0. The molecule has 1 unspecified atom stereocenters. The average molecular weight is 398 g/mol. The third kappa shape index (κ3) is 4.45. The van der Waals surface area contributed by atoms with E-state index in [1.807, 2.05) is 28.8 Å². The molecule has 0 aliphatic heterocycles. The quantitative estimate of drug-likeness (QED) is 0.574. The predicted molar refractivity (Wildman–Crippen MR) is 110 cm³/mol. The molecule has 3 aromatic rings. The number of rotatable bonds is 9. The highest BCUT2D eigenvalue weighted by molar-refractivity contribution is 6.02. The Kier molecular flexibility index (Phi) is 6.28. The molecule has 1 aromatic carbocycles. The zero-order chi connectivity index (χ0) is 21.0. The summed E-state index contributed by atoms with van der Waals surface area (Å²) < 4.78 is 3.24. The van der Waals surface area contributed by atoms with Gasteiger partial charge in [0.1, 0.15) is 6.04 Å². The van der Waals surface area contributed by atoms with Crippen molar-refractivity contribution in [3.63, 3.8) is 0 Å². The number of carboxylic acids is 1. The summed E-state index contributed by atoms with van der Waals surface area (Å²) in [6.07, 6.45) is 1.48. The lowest BCUT2D eigenvalue weighted by molar-refractivity contribution is -0.140. The van der Waals surface area contributed by atoms with E-state index < -0.39 is 17.9 Å². The van der Waals surface area contributed by atoms with E-state index in [0.717, 1.165) is 30.7 Å². The summed E-state index contributed by atoms with van der Waals surface area (Å²) in [6, 6.07) is 8.38. The second-order valence-corrected chi connectivity index (χ2v) is 6.75. The molecule has 2 aromatic heterocycles. The molecule has 0 saturated heterocycles. The summed E-state index contributed by atoms with van der Waals surface area (Å²) in [6.45, 7) is 9.15. The van der Waals surface area contributed by atoms with Crippen molar-refractivity contribution < 1.29 is 14.7 Å². The molecule has 1 atom stereocenters. The van der Waals surface area contributed by atoms with Crippen LogP contribution < -0.4 is 5.32 Å². The Morgan fingerprint density at radius 1 is 1.21 bits per heavy atom. The number of para-hydroxylation sites is 2. The summed E-state index contributed by atoms with van der Waals surface area (Å²) >= 11 is 0. The summed E-state index contributed by atoms with van der Waals surface area (Å²) in [7, 11) is 0. The van der Waals surface area contributed by atoms with Crippen LogP contribution in [-0.2, 0) is 11.3 Å². The topological polar surface area (TPSA) is 105 Å². The first-order valence-electron chi connectivity index (χ1n) is 9.71. The van der Waals surface area contributed by atoms with E-state index in [1.165, 1.54) is 23.9 Å². The molecular weight excluding hydrogens is 372 g/mol. The van der Waals surface area contributed by atoms with Crippen molar-refractivity contribution in [2.24, 2.45) is 0 Å². The van der Waals surface area contributed by atoms with Gasteiger partial charge in [0.15, 0.2) is 5.69 Å². The number of anilines is 1. The van der Waals surface area contributed by atoms with Gasteiger partial charge < -0.3 is 14.6 Å². The van der Waals surface area contributed by atoms with Crippen molar-refractivity contribution >= 4 is 28.9 Å². The molecule has 3 rings (SSSR count). The maximum Gasteiger partial charge on any atom is 0.328 e. The van der Waals surface area contributed by atoms with Crippen molar-refractivity contribution in [3.05, 3.63) is 42.2 Å². The number of imidazole rings is 1. The van der Waals surface area contributed by atoms with E-state index in [1.54, 1.807) is 0 Å². The minimum Gasteiger partial charge on any atom is -0.480 e. The van der Waals surface area contributed by atoms with Crippen LogP contribution in [-0.4, -0.2) is 60.8 Å². The second-order valence-electron chi connectivity index (χ2n) is 6.75. The number of carbonyl (C=O) groups excluding carboxylic acids is 1. The Bertz CT molecular complexity index is 1000. The van der Waals surface area contributed by atoms with Crippen molar-refractivity contribution in [1.82, 2.24) is 24.2 Å². The van der Waals surface area contributed by atoms with Crippen LogP contribution in [0.1, 0.15) is 37.3 Å².